The van der Waals surface area contributed by atoms with Crippen molar-refractivity contribution >= 4 is 5.96 Å². The molecule has 0 saturated carbocycles. The van der Waals surface area contributed by atoms with Gasteiger partial charge >= 0.3 is 0 Å². The minimum atomic E-state index is -0.136. The molecule has 0 spiro atoms. The van der Waals surface area contributed by atoms with Crippen LogP contribution in [0.25, 0.3) is 0 Å². The summed E-state index contributed by atoms with van der Waals surface area (Å²) in [6, 6.07) is 0.433. The minimum Gasteiger partial charge on any atom is -0.354 e. The number of guanidine groups is 1. The summed E-state index contributed by atoms with van der Waals surface area (Å²) >= 11 is 0. The number of nitrogens with zero attached hydrogens (tertiary/aromatic N) is 4. The Morgan fingerprint density at radius 3 is 2.56 bits per heavy atom. The quantitative estimate of drug-likeness (QED) is 0.482. The average molecular weight is 348 g/mol. The van der Waals surface area contributed by atoms with Crippen molar-refractivity contribution in [3.8, 4) is 0 Å². The zero-order valence-corrected chi connectivity index (χ0v) is 16.2. The summed E-state index contributed by atoms with van der Waals surface area (Å²) in [5, 5.41) is 10.8. The molecule has 2 rings (SSSR count). The maximum Gasteiger partial charge on any atom is 0.232 e. The van der Waals surface area contributed by atoms with Gasteiger partial charge in [0.2, 0.25) is 5.89 Å². The topological polar surface area (TPSA) is 78.6 Å². The third-order valence-corrected chi connectivity index (χ3v) is 4.17. The lowest BCUT2D eigenvalue weighted by Gasteiger charge is -2.33. The van der Waals surface area contributed by atoms with E-state index in [1.165, 1.54) is 5.57 Å². The van der Waals surface area contributed by atoms with Crippen LogP contribution >= 0.6 is 0 Å². The van der Waals surface area contributed by atoms with Crippen LogP contribution in [0.1, 0.15) is 52.3 Å². The lowest BCUT2D eigenvalue weighted by atomic mass is 9.97. The van der Waals surface area contributed by atoms with Gasteiger partial charge in [-0.05, 0) is 19.8 Å². The molecule has 1 fully saturated rings. The van der Waals surface area contributed by atoms with Crippen LogP contribution in [0.5, 0.6) is 0 Å². The third kappa shape index (κ3) is 6.16. The van der Waals surface area contributed by atoms with Gasteiger partial charge in [0.1, 0.15) is 0 Å². The summed E-state index contributed by atoms with van der Waals surface area (Å²) in [5.41, 5.74) is 1.08. The molecule has 0 aliphatic carbocycles. The molecule has 1 aliphatic rings. The van der Waals surface area contributed by atoms with E-state index in [2.05, 4.69) is 64.9 Å². The van der Waals surface area contributed by atoms with E-state index in [1.54, 1.807) is 7.05 Å². The first kappa shape index (κ1) is 19.4. The molecule has 7 nitrogen and oxygen atoms in total. The van der Waals surface area contributed by atoms with Gasteiger partial charge in [0.05, 0.1) is 6.54 Å². The molecule has 0 atom stereocenters. The Morgan fingerprint density at radius 1 is 1.36 bits per heavy atom. The van der Waals surface area contributed by atoms with Crippen molar-refractivity contribution in [2.75, 3.05) is 26.7 Å². The Kier molecular flexibility index (Phi) is 6.58. The molecule has 25 heavy (non-hydrogen) atoms. The summed E-state index contributed by atoms with van der Waals surface area (Å²) in [6.07, 6.45) is 2.20. The number of nitrogens with one attached hydrogen (secondary N) is 2. The van der Waals surface area contributed by atoms with Crippen molar-refractivity contribution in [2.45, 2.75) is 58.5 Å². The molecule has 2 heterocycles. The molecule has 1 saturated heterocycles. The van der Waals surface area contributed by atoms with Gasteiger partial charge in [0.15, 0.2) is 11.8 Å². The highest BCUT2D eigenvalue weighted by molar-refractivity contribution is 5.79. The van der Waals surface area contributed by atoms with E-state index in [0.717, 1.165) is 38.4 Å². The molecule has 0 aromatic carbocycles. The van der Waals surface area contributed by atoms with Crippen LogP contribution in [0.2, 0.25) is 0 Å². The molecule has 2 N–H and O–H groups in total. The molecule has 1 aliphatic heterocycles. The second kappa shape index (κ2) is 8.47. The van der Waals surface area contributed by atoms with Crippen LogP contribution in [-0.2, 0) is 12.0 Å². The lowest BCUT2D eigenvalue weighted by Crippen LogP contribution is -2.48. The molecule has 1 aromatic heterocycles. The largest absolute Gasteiger partial charge is 0.354 e. The SMILES string of the molecule is C=C(C)CN1CCC(NC(=NC)NCc2noc(C(C)(C)C)n2)CC1. The standard InChI is InChI=1S/C18H32N6O/c1-13(2)12-24-9-7-14(8-10-24)21-17(19-6)20-11-15-22-16(25-23-15)18(3,4)5/h14H,1,7-12H2,2-6H3,(H2,19,20,21). The maximum atomic E-state index is 5.31. The summed E-state index contributed by atoms with van der Waals surface area (Å²) in [6.45, 7) is 15.9. The highest BCUT2D eigenvalue weighted by Gasteiger charge is 2.22. The van der Waals surface area contributed by atoms with Gasteiger partial charge in [-0.15, -0.1) is 0 Å². The van der Waals surface area contributed by atoms with Gasteiger partial charge in [0, 0.05) is 38.1 Å². The monoisotopic (exact) mass is 348 g/mol. The number of hydrogen-bond acceptors (Lipinski definition) is 5. The Bertz CT molecular complexity index is 593. The first-order valence-corrected chi connectivity index (χ1v) is 8.95. The summed E-state index contributed by atoms with van der Waals surface area (Å²) in [4.78, 5) is 11.2. The van der Waals surface area contributed by atoms with Crippen molar-refractivity contribution in [3.63, 3.8) is 0 Å². The van der Waals surface area contributed by atoms with E-state index < -0.39 is 0 Å². The zero-order chi connectivity index (χ0) is 18.4. The third-order valence-electron chi connectivity index (χ3n) is 4.17. The fraction of sp³-hybridized carbons (Fsp3) is 0.722. The van der Waals surface area contributed by atoms with Gasteiger partial charge < -0.3 is 15.2 Å². The first-order chi connectivity index (χ1) is 11.8. The van der Waals surface area contributed by atoms with Crippen molar-refractivity contribution in [3.05, 3.63) is 23.9 Å². The lowest BCUT2D eigenvalue weighted by molar-refractivity contribution is 0.221. The van der Waals surface area contributed by atoms with Gasteiger partial charge in [-0.1, -0.05) is 38.1 Å². The van der Waals surface area contributed by atoms with Crippen LogP contribution in [0, 0.1) is 0 Å². The first-order valence-electron chi connectivity index (χ1n) is 8.95. The van der Waals surface area contributed by atoms with Crippen molar-refractivity contribution < 1.29 is 4.52 Å². The van der Waals surface area contributed by atoms with Crippen LogP contribution < -0.4 is 10.6 Å². The number of rotatable bonds is 5. The molecule has 0 radical (unpaired) electrons. The molecular formula is C18H32N6O. The van der Waals surface area contributed by atoms with Crippen LogP contribution in [0.4, 0.5) is 0 Å². The van der Waals surface area contributed by atoms with E-state index in [0.29, 0.717) is 24.3 Å². The Morgan fingerprint density at radius 2 is 2.04 bits per heavy atom. The van der Waals surface area contributed by atoms with Crippen molar-refractivity contribution in [1.82, 2.24) is 25.7 Å². The maximum absolute atomic E-state index is 5.31. The minimum absolute atomic E-state index is 0.136. The normalized spacial score (nSPS) is 17.6. The highest BCUT2D eigenvalue weighted by atomic mass is 16.5. The number of hydrogen-bond donors (Lipinski definition) is 2. The van der Waals surface area contributed by atoms with Crippen molar-refractivity contribution in [2.24, 2.45) is 4.99 Å². The molecule has 0 bridgehead atoms. The second-order valence-electron chi connectivity index (χ2n) is 7.84. The Balaban J connectivity index is 1.78. The number of piperidine rings is 1. The fourth-order valence-electron chi connectivity index (χ4n) is 2.80. The summed E-state index contributed by atoms with van der Waals surface area (Å²) in [5.74, 6) is 2.07. The van der Waals surface area contributed by atoms with Gasteiger partial charge in [-0.3, -0.25) is 9.89 Å². The fourth-order valence-corrected chi connectivity index (χ4v) is 2.80. The van der Waals surface area contributed by atoms with E-state index in [1.807, 2.05) is 0 Å². The van der Waals surface area contributed by atoms with Crippen molar-refractivity contribution in [1.29, 1.82) is 0 Å². The van der Waals surface area contributed by atoms with Crippen LogP contribution in [-0.4, -0.2) is 53.7 Å². The van der Waals surface area contributed by atoms with E-state index in [-0.39, 0.29) is 5.41 Å². The predicted octanol–water partition coefficient (Wildman–Crippen LogP) is 2.07. The van der Waals surface area contributed by atoms with E-state index in [9.17, 15) is 0 Å². The molecule has 1 aromatic rings. The Labute approximate surface area is 151 Å². The number of aromatic nitrogens is 2. The van der Waals surface area contributed by atoms with Gasteiger partial charge in [-0.25, -0.2) is 0 Å². The zero-order valence-electron chi connectivity index (χ0n) is 16.2. The summed E-state index contributed by atoms with van der Waals surface area (Å²) in [7, 11) is 1.78. The smallest absolute Gasteiger partial charge is 0.232 e. The molecule has 0 amide bonds. The van der Waals surface area contributed by atoms with E-state index in [4.69, 9.17) is 4.52 Å². The predicted molar refractivity (Wildman–Crippen MR) is 101 cm³/mol. The average Bonchev–Trinajstić information content (AvgIpc) is 3.02. The number of aliphatic imine (C=N–C) groups is 1. The van der Waals surface area contributed by atoms with Gasteiger partial charge in [0.25, 0.3) is 0 Å². The number of likely N-dealkylation sites (tertiary alicyclic amines) is 1. The second-order valence-corrected chi connectivity index (χ2v) is 7.84. The van der Waals surface area contributed by atoms with Gasteiger partial charge in [-0.2, -0.15) is 4.98 Å². The molecule has 140 valence electrons. The van der Waals surface area contributed by atoms with Crippen LogP contribution in [0.3, 0.4) is 0 Å². The highest BCUT2D eigenvalue weighted by Crippen LogP contribution is 2.19. The molecular weight excluding hydrogens is 316 g/mol. The molecule has 7 heteroatoms. The molecule has 0 unspecified atom stereocenters. The Hall–Kier alpha value is -1.89. The van der Waals surface area contributed by atoms with Crippen LogP contribution in [0.15, 0.2) is 21.7 Å². The van der Waals surface area contributed by atoms with E-state index >= 15 is 0 Å². The summed E-state index contributed by atoms with van der Waals surface area (Å²) < 4.78 is 5.31.